The number of halogens is 8. The van der Waals surface area contributed by atoms with E-state index < -0.39 is 0 Å². The molecule has 25 aromatic rings. The Morgan fingerprint density at radius 1 is 0.164 bits per heavy atom. The quantitative estimate of drug-likeness (QED) is 0.103. The normalized spacial score (nSPS) is 11.6. The Morgan fingerprint density at radius 2 is 0.352 bits per heavy atom. The average molecular weight is 1820 g/mol. The summed E-state index contributed by atoms with van der Waals surface area (Å²) in [7, 11) is 0. The molecule has 0 N–H and O–H groups in total. The summed E-state index contributed by atoms with van der Waals surface area (Å²) in [5.41, 5.74) is 16.1. The van der Waals surface area contributed by atoms with Gasteiger partial charge in [-0.05, 0) is 102 Å². The maximum atomic E-state index is 7.39. The maximum absolute atomic E-state index is 7.39. The molecule has 14 nitrogen and oxygen atoms in total. The molecule has 25 rings (SSSR count). The number of fused-ring (bicyclic) bond motifs is 18. The molecule has 0 saturated heterocycles. The van der Waals surface area contributed by atoms with Gasteiger partial charge in [0.15, 0.2) is 56.9 Å². The van der Waals surface area contributed by atoms with Crippen LogP contribution in [0.1, 0.15) is 0 Å². The Kier molecular flexibility index (Phi) is 20.7. The van der Waals surface area contributed by atoms with Crippen LogP contribution in [-0.2, 0) is 0 Å². The lowest BCUT2D eigenvalue weighted by Crippen LogP contribution is -2.10. The van der Waals surface area contributed by atoms with E-state index in [9.17, 15) is 0 Å². The summed E-state index contributed by atoms with van der Waals surface area (Å²) in [4.78, 5) is 37.4. The number of rotatable bonds is 9. The minimum atomic E-state index is -0.0144. The first-order valence-electron chi connectivity index (χ1n) is 40.9. The molecule has 128 heavy (non-hydrogen) atoms. The maximum Gasteiger partial charge on any atom is 0.226 e. The second kappa shape index (κ2) is 33.3. The van der Waals surface area contributed by atoms with E-state index in [1.54, 1.807) is 0 Å². The van der Waals surface area contributed by atoms with E-state index in [-0.39, 0.29) is 25.9 Å². The molecule has 0 aliphatic heterocycles. The van der Waals surface area contributed by atoms with Crippen molar-refractivity contribution in [3.8, 4) is 68.8 Å². The minimum absolute atomic E-state index is 0.0144. The fourth-order valence-electron chi connectivity index (χ4n) is 17.8. The average Bonchev–Trinajstić information content (AvgIpc) is 1.55. The first-order chi connectivity index (χ1) is 62.9. The zero-order chi connectivity index (χ0) is 86.4. The third-order valence-electron chi connectivity index (χ3n) is 23.2. The van der Waals surface area contributed by atoms with Crippen LogP contribution in [0, 0.1) is 0 Å². The molecule has 0 radical (unpaired) electrons. The van der Waals surface area contributed by atoms with Gasteiger partial charge in [-0.2, -0.15) is 9.97 Å². The van der Waals surface area contributed by atoms with Crippen LogP contribution in [0.5, 0.6) is 0 Å². The third-order valence-corrected chi connectivity index (χ3v) is 25.6. The molecule has 0 aliphatic rings. The van der Waals surface area contributed by atoms with E-state index in [4.69, 9.17) is 113 Å². The number of hydrogen-bond donors (Lipinski definition) is 0. The molecule has 10 heterocycles. The molecule has 612 valence electrons. The molecule has 0 amide bonds. The van der Waals surface area contributed by atoms with Gasteiger partial charge in [-0.25, -0.2) is 29.9 Å². The zero-order valence-corrected chi connectivity index (χ0v) is 73.1. The predicted octanol–water partition coefficient (Wildman–Crippen LogP) is 30.7. The van der Waals surface area contributed by atoms with Crippen molar-refractivity contribution in [3.63, 3.8) is 0 Å². The van der Waals surface area contributed by atoms with E-state index in [2.05, 4.69) is 308 Å². The molecule has 0 saturated carbocycles. The van der Waals surface area contributed by atoms with Gasteiger partial charge < -0.3 is 0 Å². The summed E-state index contributed by atoms with van der Waals surface area (Å²) >= 11 is 50.0. The highest BCUT2D eigenvalue weighted by molar-refractivity contribution is 6.47. The number of para-hydroxylation sites is 12. The molecule has 0 bridgehead atoms. The lowest BCUT2D eigenvalue weighted by Gasteiger charge is -2.20. The number of benzene rings is 15. The van der Waals surface area contributed by atoms with Gasteiger partial charge in [0.1, 0.15) is 15.1 Å². The fourth-order valence-corrected chi connectivity index (χ4v) is 19.4. The highest BCUT2D eigenvalue weighted by atomic mass is 35.5. The number of aromatic nitrogens is 14. The van der Waals surface area contributed by atoms with Gasteiger partial charge in [0.05, 0.1) is 71.8 Å². The van der Waals surface area contributed by atoms with Gasteiger partial charge in [0.25, 0.3) is 0 Å². The fraction of sp³-hybridized carbons (Fsp3) is 0. The summed E-state index contributed by atoms with van der Waals surface area (Å²) in [6.45, 7) is 0. The first-order valence-corrected chi connectivity index (χ1v) is 44.0. The highest BCUT2D eigenvalue weighted by Gasteiger charge is 2.30. The van der Waals surface area contributed by atoms with E-state index in [1.165, 1.54) is 0 Å². The Labute approximate surface area is 770 Å². The Hall–Kier alpha value is -14.3. The summed E-state index contributed by atoms with van der Waals surface area (Å²) in [6, 6.07) is 129. The van der Waals surface area contributed by atoms with E-state index in [0.29, 0.717) is 50.0 Å². The molecular weight excluding hydrogens is 1750 g/mol. The summed E-state index contributed by atoms with van der Waals surface area (Å²) in [5, 5.41) is 15.7. The Balaban J connectivity index is 0.000000108. The lowest BCUT2D eigenvalue weighted by atomic mass is 10.1. The van der Waals surface area contributed by atoms with Crippen LogP contribution in [-0.4, -0.2) is 67.3 Å². The van der Waals surface area contributed by atoms with Gasteiger partial charge >= 0.3 is 0 Å². The van der Waals surface area contributed by atoms with Gasteiger partial charge in [0, 0.05) is 86.3 Å². The van der Waals surface area contributed by atoms with Crippen molar-refractivity contribution in [2.45, 2.75) is 0 Å². The Bertz CT molecular complexity index is 7990. The third kappa shape index (κ3) is 13.7. The highest BCUT2D eigenvalue weighted by Crippen LogP contribution is 2.47. The standard InChI is InChI=1S/C40H25ClN4.C34H21ClN4.C28H16Cl2N4.C4Cl4N2/c41-32-21-9-4-20-31(32)37-39(44-33-22-10-5-16-27(33)28-17-6-11-23-34(28)44)42-38(26-14-2-1-3-15-26)43-40(37)45-35-24-12-7-18-29(35)30-19-8-13-25-36(30)45;35-31-33(38-27-18-8-4-14-23(27)24-15-5-9-19-28(24)38)36-32(22-12-2-1-3-13-22)37-34(31)39-29-20-10-6-16-25(29)26-17-7-11-21-30(26)39;29-25-26(33-21-13-5-1-9-17(21)18-10-2-6-14-22(18)33)31-28(30)32-27(25)34-23-15-7-3-11-19(23)20-12-4-8-16-24(20)34;5-1-2(6)9-4(8)10-3(1)7/h1-25H;1-21H;1-16H;. The monoisotopic (exact) mass is 1810 g/mol. The van der Waals surface area contributed by atoms with Crippen molar-refractivity contribution in [3.05, 3.63) is 417 Å². The molecule has 0 fully saturated rings. The second-order valence-electron chi connectivity index (χ2n) is 30.4. The van der Waals surface area contributed by atoms with Gasteiger partial charge in [-0.3, -0.25) is 27.4 Å². The molecule has 0 spiro atoms. The SMILES string of the molecule is Clc1c(-n2c3ccccc3c3ccccc32)nc(-c2ccccc2)nc1-n1c2ccccc2c2ccccc21.Clc1ccccc1-c1c(-n2c3ccccc3c3ccccc32)nc(-c2ccccc2)nc1-n1c2ccccc2c2ccccc21.Clc1nc(-n2c3ccccc3c3ccccc32)c(Cl)c(-n2c3ccccc3c3ccccc32)n1.Clc1nc(Cl)c(Cl)c(Cl)n1. The van der Waals surface area contributed by atoms with Crippen LogP contribution in [0.25, 0.3) is 200 Å². The van der Waals surface area contributed by atoms with E-state index >= 15 is 0 Å². The smallest absolute Gasteiger partial charge is 0.226 e. The summed E-state index contributed by atoms with van der Waals surface area (Å²) in [6.07, 6.45) is 0. The van der Waals surface area contributed by atoms with Crippen molar-refractivity contribution >= 4 is 224 Å². The van der Waals surface area contributed by atoms with Crippen molar-refractivity contribution in [2.24, 2.45) is 0 Å². The first kappa shape index (κ1) is 79.6. The summed E-state index contributed by atoms with van der Waals surface area (Å²) in [5.74, 6) is 5.21. The number of hydrogen-bond acceptors (Lipinski definition) is 8. The molecule has 15 aromatic carbocycles. The largest absolute Gasteiger partial charge is 0.293 e. The van der Waals surface area contributed by atoms with Crippen LogP contribution in [0.4, 0.5) is 0 Å². The predicted molar refractivity (Wildman–Crippen MR) is 531 cm³/mol. The van der Waals surface area contributed by atoms with Gasteiger partial charge in [-0.1, -0.05) is 367 Å². The topological polar surface area (TPSA) is 133 Å². The van der Waals surface area contributed by atoms with Crippen LogP contribution in [0.2, 0.25) is 41.0 Å². The van der Waals surface area contributed by atoms with Crippen LogP contribution >= 0.6 is 92.8 Å². The van der Waals surface area contributed by atoms with Crippen LogP contribution < -0.4 is 0 Å². The number of nitrogens with zero attached hydrogens (tertiary/aromatic N) is 14. The van der Waals surface area contributed by atoms with Crippen molar-refractivity contribution < 1.29 is 0 Å². The van der Waals surface area contributed by atoms with E-state index in [0.717, 1.165) is 165 Å². The van der Waals surface area contributed by atoms with Gasteiger partial charge in [0.2, 0.25) is 10.6 Å². The summed E-state index contributed by atoms with van der Waals surface area (Å²) < 4.78 is 13.0. The molecule has 0 unspecified atom stereocenters. The molecule has 22 heteroatoms. The van der Waals surface area contributed by atoms with Gasteiger partial charge in [-0.15, -0.1) is 0 Å². The minimum Gasteiger partial charge on any atom is -0.293 e. The Morgan fingerprint density at radius 3 is 0.594 bits per heavy atom. The lowest BCUT2D eigenvalue weighted by molar-refractivity contribution is 0.988. The van der Waals surface area contributed by atoms with Crippen LogP contribution in [0.15, 0.2) is 376 Å². The van der Waals surface area contributed by atoms with Crippen molar-refractivity contribution in [1.82, 2.24) is 67.3 Å². The molecular formula is C106H62Cl8N14. The van der Waals surface area contributed by atoms with E-state index in [1.807, 2.05) is 115 Å². The molecule has 10 aromatic heterocycles. The molecule has 0 atom stereocenters. The zero-order valence-electron chi connectivity index (χ0n) is 67.1. The van der Waals surface area contributed by atoms with Crippen molar-refractivity contribution in [1.29, 1.82) is 0 Å². The van der Waals surface area contributed by atoms with Crippen molar-refractivity contribution in [2.75, 3.05) is 0 Å². The second-order valence-corrected chi connectivity index (χ2v) is 33.3. The van der Waals surface area contributed by atoms with Crippen LogP contribution in [0.3, 0.4) is 0 Å². The molecule has 0 aliphatic carbocycles.